The summed E-state index contributed by atoms with van der Waals surface area (Å²) >= 11 is 0. The number of fused-ring (bicyclic) bond motifs is 1. The van der Waals surface area contributed by atoms with Crippen molar-refractivity contribution in [3.05, 3.63) is 55.0 Å². The van der Waals surface area contributed by atoms with Gasteiger partial charge in [0.05, 0.1) is 55.4 Å². The molecule has 0 unspecified atom stereocenters. The van der Waals surface area contributed by atoms with Gasteiger partial charge in [-0.3, -0.25) is 4.98 Å². The Hall–Kier alpha value is -4.09. The molecule has 2 aromatic carbocycles. The number of hydrogen-bond acceptors (Lipinski definition) is 6. The van der Waals surface area contributed by atoms with Gasteiger partial charge in [0.15, 0.2) is 6.54 Å². The van der Waals surface area contributed by atoms with Crippen LogP contribution in [0.25, 0.3) is 22.3 Å². The number of H-pyrrole nitrogens is 1. The summed E-state index contributed by atoms with van der Waals surface area (Å²) in [5.41, 5.74) is 5.20. The molecular weight excluding hydrogens is 454 g/mol. The van der Waals surface area contributed by atoms with Crippen LogP contribution in [0, 0.1) is 18.3 Å². The number of nitrogens with one attached hydrogen (secondary N) is 1. The Morgan fingerprint density at radius 3 is 2.58 bits per heavy atom. The SMILES string of the molecule is C#CCN(c1cc(OC)cc(OC)c1)c1ccc2ncc(-c3c[nH][n+](CC4CCOCC4)c3)nc2c1. The van der Waals surface area contributed by atoms with Crippen molar-refractivity contribution in [2.75, 3.05) is 38.9 Å². The molecule has 5 rings (SSSR count). The highest BCUT2D eigenvalue weighted by Crippen LogP contribution is 2.34. The maximum absolute atomic E-state index is 5.73. The second-order valence-electron chi connectivity index (χ2n) is 8.86. The fourth-order valence-corrected chi connectivity index (χ4v) is 4.53. The number of aromatic amines is 1. The molecule has 8 heteroatoms. The Labute approximate surface area is 210 Å². The minimum Gasteiger partial charge on any atom is -0.497 e. The van der Waals surface area contributed by atoms with Crippen LogP contribution < -0.4 is 19.1 Å². The van der Waals surface area contributed by atoms with E-state index in [0.29, 0.717) is 24.0 Å². The van der Waals surface area contributed by atoms with Crippen molar-refractivity contribution in [1.29, 1.82) is 0 Å². The zero-order valence-corrected chi connectivity index (χ0v) is 20.6. The quantitative estimate of drug-likeness (QED) is 0.299. The molecule has 2 aromatic heterocycles. The Morgan fingerprint density at radius 1 is 1.08 bits per heavy atom. The van der Waals surface area contributed by atoms with E-state index in [-0.39, 0.29) is 0 Å². The van der Waals surface area contributed by atoms with Gasteiger partial charge in [-0.15, -0.1) is 11.1 Å². The largest absolute Gasteiger partial charge is 0.497 e. The summed E-state index contributed by atoms with van der Waals surface area (Å²) in [6.45, 7) is 3.01. The summed E-state index contributed by atoms with van der Waals surface area (Å²) in [5, 5.41) is 3.34. The van der Waals surface area contributed by atoms with Crippen molar-refractivity contribution in [2.24, 2.45) is 5.92 Å². The molecule has 1 saturated heterocycles. The van der Waals surface area contributed by atoms with Crippen LogP contribution in [0.5, 0.6) is 11.5 Å². The van der Waals surface area contributed by atoms with Gasteiger partial charge in [-0.2, -0.15) is 5.10 Å². The summed E-state index contributed by atoms with van der Waals surface area (Å²) in [6.07, 6.45) is 13.8. The molecule has 36 heavy (non-hydrogen) atoms. The molecule has 0 spiro atoms. The number of ether oxygens (including phenoxy) is 3. The monoisotopic (exact) mass is 484 g/mol. The van der Waals surface area contributed by atoms with Gasteiger partial charge in [0, 0.05) is 48.7 Å². The molecule has 0 bridgehead atoms. The third-order valence-electron chi connectivity index (χ3n) is 6.51. The van der Waals surface area contributed by atoms with E-state index in [4.69, 9.17) is 25.6 Å². The van der Waals surface area contributed by atoms with Crippen molar-refractivity contribution in [2.45, 2.75) is 19.4 Å². The van der Waals surface area contributed by atoms with E-state index in [1.807, 2.05) is 53.7 Å². The average Bonchev–Trinajstić information content (AvgIpc) is 3.39. The highest BCUT2D eigenvalue weighted by Gasteiger charge is 2.20. The molecule has 184 valence electrons. The van der Waals surface area contributed by atoms with Crippen LogP contribution in [0.15, 0.2) is 55.0 Å². The van der Waals surface area contributed by atoms with Gasteiger partial charge in [-0.25, -0.2) is 4.98 Å². The van der Waals surface area contributed by atoms with Gasteiger partial charge in [-0.1, -0.05) is 5.92 Å². The third-order valence-corrected chi connectivity index (χ3v) is 6.51. The lowest BCUT2D eigenvalue weighted by Gasteiger charge is -2.24. The van der Waals surface area contributed by atoms with Crippen LogP contribution in [-0.4, -0.2) is 49.0 Å². The lowest BCUT2D eigenvalue weighted by atomic mass is 10.0. The van der Waals surface area contributed by atoms with Crippen molar-refractivity contribution in [1.82, 2.24) is 15.1 Å². The highest BCUT2D eigenvalue weighted by atomic mass is 16.5. The number of nitrogens with zero attached hydrogens (tertiary/aromatic N) is 4. The van der Waals surface area contributed by atoms with Gasteiger partial charge in [0.2, 0.25) is 6.20 Å². The van der Waals surface area contributed by atoms with Gasteiger partial charge in [-0.05, 0) is 31.0 Å². The summed E-state index contributed by atoms with van der Waals surface area (Å²) < 4.78 is 18.5. The molecule has 4 aromatic rings. The second-order valence-corrected chi connectivity index (χ2v) is 8.86. The second kappa shape index (κ2) is 10.7. The molecule has 8 nitrogen and oxygen atoms in total. The smallest absolute Gasteiger partial charge is 0.204 e. The van der Waals surface area contributed by atoms with Gasteiger partial charge < -0.3 is 19.1 Å². The van der Waals surface area contributed by atoms with E-state index in [1.165, 1.54) is 0 Å². The van der Waals surface area contributed by atoms with Crippen LogP contribution >= 0.6 is 0 Å². The van der Waals surface area contributed by atoms with Crippen molar-refractivity contribution in [3.8, 4) is 35.1 Å². The molecule has 0 amide bonds. The number of hydrogen-bond donors (Lipinski definition) is 1. The fourth-order valence-electron chi connectivity index (χ4n) is 4.53. The summed E-state index contributed by atoms with van der Waals surface area (Å²) in [5.74, 6) is 4.76. The highest BCUT2D eigenvalue weighted by molar-refractivity contribution is 5.82. The van der Waals surface area contributed by atoms with Gasteiger partial charge in [0.25, 0.3) is 0 Å². The lowest BCUT2D eigenvalue weighted by Crippen LogP contribution is -2.40. The van der Waals surface area contributed by atoms with Gasteiger partial charge in [0.1, 0.15) is 11.5 Å². The predicted octanol–water partition coefficient (Wildman–Crippen LogP) is 4.13. The van der Waals surface area contributed by atoms with Gasteiger partial charge >= 0.3 is 0 Å². The molecule has 0 atom stereocenters. The average molecular weight is 485 g/mol. The van der Waals surface area contributed by atoms with E-state index < -0.39 is 0 Å². The number of benzene rings is 2. The summed E-state index contributed by atoms with van der Waals surface area (Å²) in [4.78, 5) is 11.6. The van der Waals surface area contributed by atoms with Crippen LogP contribution in [0.4, 0.5) is 11.4 Å². The minimum atomic E-state index is 0.374. The Kier molecular flexibility index (Phi) is 7.01. The van der Waals surface area contributed by atoms with Crippen LogP contribution in [-0.2, 0) is 11.3 Å². The van der Waals surface area contributed by atoms with Crippen molar-refractivity contribution < 1.29 is 18.9 Å². The number of rotatable bonds is 8. The third kappa shape index (κ3) is 5.11. The molecule has 0 radical (unpaired) electrons. The summed E-state index contributed by atoms with van der Waals surface area (Å²) in [7, 11) is 3.26. The predicted molar refractivity (Wildman–Crippen MR) is 138 cm³/mol. The topological polar surface area (TPSA) is 76.4 Å². The van der Waals surface area contributed by atoms with E-state index in [2.05, 4.69) is 26.9 Å². The first kappa shape index (κ1) is 23.6. The zero-order chi connectivity index (χ0) is 24.9. The van der Waals surface area contributed by atoms with E-state index in [9.17, 15) is 0 Å². The number of terminal acetylenes is 1. The maximum Gasteiger partial charge on any atom is 0.204 e. The number of aromatic nitrogens is 4. The molecule has 1 aliphatic rings. The summed E-state index contributed by atoms with van der Waals surface area (Å²) in [6, 6.07) is 11.7. The van der Waals surface area contributed by atoms with E-state index in [0.717, 1.165) is 66.3 Å². The van der Waals surface area contributed by atoms with E-state index >= 15 is 0 Å². The molecule has 3 heterocycles. The molecular formula is C28H30N5O3+. The minimum absolute atomic E-state index is 0.374. The zero-order valence-electron chi connectivity index (χ0n) is 20.6. The van der Waals surface area contributed by atoms with Crippen LogP contribution in [0.3, 0.4) is 0 Å². The van der Waals surface area contributed by atoms with Crippen molar-refractivity contribution in [3.63, 3.8) is 0 Å². The lowest BCUT2D eigenvalue weighted by molar-refractivity contribution is -0.755. The first-order valence-corrected chi connectivity index (χ1v) is 12.0. The Bertz CT molecular complexity index is 1370. The van der Waals surface area contributed by atoms with Crippen LogP contribution in [0.1, 0.15) is 12.8 Å². The molecule has 1 fully saturated rings. The molecule has 1 N–H and O–H groups in total. The van der Waals surface area contributed by atoms with E-state index in [1.54, 1.807) is 14.2 Å². The Morgan fingerprint density at radius 2 is 1.86 bits per heavy atom. The first-order valence-electron chi connectivity index (χ1n) is 12.0. The fraction of sp³-hybridized carbons (Fsp3) is 0.321. The Balaban J connectivity index is 1.45. The maximum atomic E-state index is 5.73. The normalized spacial score (nSPS) is 13.9. The van der Waals surface area contributed by atoms with Crippen LogP contribution in [0.2, 0.25) is 0 Å². The number of methoxy groups -OCH3 is 2. The number of anilines is 2. The van der Waals surface area contributed by atoms with Crippen molar-refractivity contribution >= 4 is 22.4 Å². The first-order chi connectivity index (χ1) is 17.7. The standard InChI is InChI=1S/C28H29N5O3/c1-4-9-33(23-12-24(34-2)15-25(13-23)35-3)22-5-6-26-27(14-22)31-28(17-29-26)21-16-30-32(19-21)18-20-7-10-36-11-8-20/h1,5-6,12-17,19-20H,7-11,18H2,2-3H3/p+1. The molecule has 0 saturated carbocycles. The molecule has 0 aliphatic carbocycles. The molecule has 1 aliphatic heterocycles.